The van der Waals surface area contributed by atoms with Crippen LogP contribution < -0.4 is 0 Å². The summed E-state index contributed by atoms with van der Waals surface area (Å²) >= 11 is 0. The van der Waals surface area contributed by atoms with Crippen molar-refractivity contribution in [3.63, 3.8) is 0 Å². The molecule has 3 aliphatic carbocycles. The number of carbonyl (C=O) groups is 2. The number of carbonyl (C=O) groups excluding carboxylic acids is 2. The standard InChI is InChI=1S/C36H36O10/c1-19(2)34-28(42-25(38)16-15-22-11-7-5-8-12-22)21(4)35-24-17-20(3)27(39)33(24,41)31(40)32(18-37)29(43-32)26(35)30(34)44-36(45-34,46-35)23-13-9-6-10-14-23/h5-17,21,24,26,28-31,37,40-41H,1,18H2,2-4H3/b16-15-/t21-,24-,26+,28-,29+,30-,31-,32+,33-,34+,35+,36-/m1/s1. The molecule has 0 amide bonds. The maximum absolute atomic E-state index is 13.8. The van der Waals surface area contributed by atoms with Crippen LogP contribution in [0.2, 0.25) is 0 Å². The van der Waals surface area contributed by atoms with Crippen molar-refractivity contribution >= 4 is 17.8 Å². The quantitative estimate of drug-likeness (QED) is 0.189. The van der Waals surface area contributed by atoms with E-state index in [1.54, 1.807) is 50.3 Å². The van der Waals surface area contributed by atoms with Crippen LogP contribution >= 0.6 is 0 Å². The van der Waals surface area contributed by atoms with Gasteiger partial charge in [0.05, 0.1) is 12.2 Å². The van der Waals surface area contributed by atoms with E-state index in [0.29, 0.717) is 11.1 Å². The smallest absolute Gasteiger partial charge is 0.331 e. The van der Waals surface area contributed by atoms with Crippen molar-refractivity contribution in [2.75, 3.05) is 6.61 Å². The predicted octanol–water partition coefficient (Wildman–Crippen LogP) is 2.57. The van der Waals surface area contributed by atoms with Gasteiger partial charge in [0.1, 0.15) is 30.0 Å². The van der Waals surface area contributed by atoms with E-state index in [0.717, 1.165) is 5.56 Å². The Labute approximate surface area is 265 Å². The SMILES string of the molecule is C=C(C)[C@@]12O[C@@]3(c4ccccc4)O[C@@H]1[C@@H]1[C@@H]4O[C@]4(CO)[C@@H](O)[C@]4(O)C(=O)C(C)=C[C@H]4[C@@]1(O3)[C@H](C)[C@H]2OC(=O)/C=C\c1ccccc1. The van der Waals surface area contributed by atoms with Crippen LogP contribution in [-0.2, 0) is 39.2 Å². The molecule has 10 heteroatoms. The summed E-state index contributed by atoms with van der Waals surface area (Å²) < 4.78 is 33.3. The monoisotopic (exact) mass is 628 g/mol. The Bertz CT molecular complexity index is 1710. The van der Waals surface area contributed by atoms with E-state index in [1.165, 1.54) is 6.08 Å². The van der Waals surface area contributed by atoms with Crippen LogP contribution in [0.3, 0.4) is 0 Å². The molecule has 2 aromatic carbocycles. The van der Waals surface area contributed by atoms with E-state index < -0.39 is 88.9 Å². The average Bonchev–Trinajstić information content (AvgIpc) is 3.68. The molecule has 0 spiro atoms. The lowest BCUT2D eigenvalue weighted by molar-refractivity contribution is -0.440. The lowest BCUT2D eigenvalue weighted by Gasteiger charge is -2.61. The topological polar surface area (TPSA) is 144 Å². The number of benzene rings is 2. The zero-order valence-electron chi connectivity index (χ0n) is 25.7. The first-order chi connectivity index (χ1) is 21.9. The van der Waals surface area contributed by atoms with Gasteiger partial charge in [0.25, 0.3) is 0 Å². The van der Waals surface area contributed by atoms with Crippen LogP contribution in [0.4, 0.5) is 0 Å². The molecule has 46 heavy (non-hydrogen) atoms. The molecule has 2 aromatic rings. The van der Waals surface area contributed by atoms with Gasteiger partial charge in [0, 0.05) is 29.4 Å². The molecule has 3 N–H and O–H groups in total. The number of fused-ring (bicyclic) bond motifs is 3. The van der Waals surface area contributed by atoms with E-state index >= 15 is 0 Å². The van der Waals surface area contributed by atoms with Crippen LogP contribution in [0.5, 0.6) is 0 Å². The molecule has 8 rings (SSSR count). The lowest BCUT2D eigenvalue weighted by Crippen LogP contribution is -2.76. The number of aliphatic hydroxyl groups is 3. The fourth-order valence-electron chi connectivity index (χ4n) is 9.20. The molecule has 2 saturated carbocycles. The molecule has 3 bridgehead atoms. The van der Waals surface area contributed by atoms with Crippen molar-refractivity contribution < 1.29 is 48.6 Å². The second-order valence-electron chi connectivity index (χ2n) is 13.5. The van der Waals surface area contributed by atoms with Gasteiger partial charge in [-0.2, -0.15) is 0 Å². The summed E-state index contributed by atoms with van der Waals surface area (Å²) in [6, 6.07) is 18.3. The summed E-state index contributed by atoms with van der Waals surface area (Å²) in [7, 11) is 0. The van der Waals surface area contributed by atoms with E-state index in [1.807, 2.05) is 43.3 Å². The Balaban J connectivity index is 1.35. The highest BCUT2D eigenvalue weighted by atomic mass is 16.9. The first kappa shape index (κ1) is 29.9. The molecule has 3 aliphatic heterocycles. The number of ether oxygens (including phenoxy) is 5. The molecular weight excluding hydrogens is 592 g/mol. The van der Waals surface area contributed by atoms with Crippen molar-refractivity contribution in [1.29, 1.82) is 0 Å². The Morgan fingerprint density at radius 1 is 1.04 bits per heavy atom. The van der Waals surface area contributed by atoms with E-state index in [9.17, 15) is 24.9 Å². The first-order valence-electron chi connectivity index (χ1n) is 15.6. The third-order valence-electron chi connectivity index (χ3n) is 11.3. The molecular formula is C36H36O10. The highest BCUT2D eigenvalue weighted by Crippen LogP contribution is 2.74. The fourth-order valence-corrected chi connectivity index (χ4v) is 9.20. The van der Waals surface area contributed by atoms with Gasteiger partial charge < -0.3 is 39.0 Å². The number of rotatable bonds is 6. The normalized spacial score (nSPS) is 46.3. The van der Waals surface area contributed by atoms with E-state index in [4.69, 9.17) is 23.7 Å². The summed E-state index contributed by atoms with van der Waals surface area (Å²) in [4.78, 5) is 27.4. The van der Waals surface area contributed by atoms with Crippen LogP contribution in [-0.4, -0.2) is 80.5 Å². The Morgan fingerprint density at radius 3 is 2.37 bits per heavy atom. The van der Waals surface area contributed by atoms with Gasteiger partial charge in [0.15, 0.2) is 17.0 Å². The molecule has 0 aromatic heterocycles. The summed E-state index contributed by atoms with van der Waals surface area (Å²) in [5, 5.41) is 34.9. The van der Waals surface area contributed by atoms with Crippen LogP contribution in [0.1, 0.15) is 31.9 Å². The number of esters is 1. The summed E-state index contributed by atoms with van der Waals surface area (Å²) in [6.45, 7) is 8.80. The number of hydrogen-bond donors (Lipinski definition) is 3. The van der Waals surface area contributed by atoms with Gasteiger partial charge in [-0.05, 0) is 36.6 Å². The predicted molar refractivity (Wildman–Crippen MR) is 161 cm³/mol. The van der Waals surface area contributed by atoms with Gasteiger partial charge in [-0.1, -0.05) is 80.2 Å². The van der Waals surface area contributed by atoms with Crippen molar-refractivity contribution in [1.82, 2.24) is 0 Å². The maximum Gasteiger partial charge on any atom is 0.331 e. The molecule has 0 unspecified atom stereocenters. The van der Waals surface area contributed by atoms with Crippen LogP contribution in [0.15, 0.2) is 90.5 Å². The number of aliphatic hydroxyl groups excluding tert-OH is 2. The molecule has 12 atom stereocenters. The molecule has 3 heterocycles. The Kier molecular flexibility index (Phi) is 6.20. The zero-order chi connectivity index (χ0) is 32.4. The minimum absolute atomic E-state index is 0.229. The van der Waals surface area contributed by atoms with Crippen molar-refractivity contribution in [3.05, 3.63) is 102 Å². The molecule has 240 valence electrons. The lowest BCUT2D eigenvalue weighted by atomic mass is 9.53. The van der Waals surface area contributed by atoms with Gasteiger partial charge >= 0.3 is 11.9 Å². The first-order valence-corrected chi connectivity index (χ1v) is 15.6. The summed E-state index contributed by atoms with van der Waals surface area (Å²) in [6.07, 6.45) is -0.138. The Hall–Kier alpha value is -3.48. The van der Waals surface area contributed by atoms with Crippen molar-refractivity contribution in [3.8, 4) is 0 Å². The highest BCUT2D eigenvalue weighted by Gasteiger charge is 2.90. The van der Waals surface area contributed by atoms with Crippen LogP contribution in [0, 0.1) is 17.8 Å². The number of epoxide rings is 1. The number of Topliss-reactive ketones (excluding diaryl/α,β-unsaturated/α-hetero) is 1. The molecule has 6 aliphatic rings. The zero-order valence-corrected chi connectivity index (χ0v) is 25.7. The highest BCUT2D eigenvalue weighted by molar-refractivity contribution is 6.05. The average molecular weight is 629 g/mol. The van der Waals surface area contributed by atoms with Gasteiger partial charge in [0.2, 0.25) is 0 Å². The minimum atomic E-state index is -2.43. The van der Waals surface area contributed by atoms with E-state index in [-0.39, 0.29) is 5.57 Å². The van der Waals surface area contributed by atoms with Gasteiger partial charge in [-0.15, -0.1) is 0 Å². The number of hydrogen-bond acceptors (Lipinski definition) is 10. The molecule has 0 radical (unpaired) electrons. The van der Waals surface area contributed by atoms with E-state index in [2.05, 4.69) is 6.58 Å². The molecule has 5 fully saturated rings. The van der Waals surface area contributed by atoms with Crippen molar-refractivity contribution in [2.24, 2.45) is 17.8 Å². The van der Waals surface area contributed by atoms with Gasteiger partial charge in [-0.3, -0.25) is 4.79 Å². The van der Waals surface area contributed by atoms with Crippen molar-refractivity contribution in [2.45, 2.75) is 73.6 Å². The third kappa shape index (κ3) is 3.40. The second-order valence-corrected chi connectivity index (χ2v) is 13.5. The maximum atomic E-state index is 13.8. The third-order valence-corrected chi connectivity index (χ3v) is 11.3. The van der Waals surface area contributed by atoms with Gasteiger partial charge in [-0.25, -0.2) is 4.79 Å². The molecule has 10 nitrogen and oxygen atoms in total. The summed E-state index contributed by atoms with van der Waals surface area (Å²) in [5.41, 5.74) is -5.12. The second kappa shape index (κ2) is 9.54. The Morgan fingerprint density at radius 2 is 1.72 bits per heavy atom. The largest absolute Gasteiger partial charge is 0.455 e. The minimum Gasteiger partial charge on any atom is -0.455 e. The number of ketones is 1. The fraction of sp³-hybridized carbons (Fsp3) is 0.444. The summed E-state index contributed by atoms with van der Waals surface area (Å²) in [5.74, 6) is -5.94. The molecule has 3 saturated heterocycles. The van der Waals surface area contributed by atoms with Crippen LogP contribution in [0.25, 0.3) is 6.08 Å².